The fourth-order valence-electron chi connectivity index (χ4n) is 3.10. The van der Waals surface area contributed by atoms with E-state index >= 15 is 0 Å². The monoisotopic (exact) mass is 329 g/mol. The molecule has 1 aliphatic rings. The van der Waals surface area contributed by atoms with E-state index in [0.29, 0.717) is 11.4 Å². The van der Waals surface area contributed by atoms with Crippen molar-refractivity contribution in [2.45, 2.75) is 19.8 Å². The van der Waals surface area contributed by atoms with E-state index in [2.05, 4.69) is 4.99 Å². The van der Waals surface area contributed by atoms with E-state index in [9.17, 15) is 19.8 Å². The Morgan fingerprint density at radius 2 is 1.87 bits per heavy atom. The molecule has 2 aromatic rings. The summed E-state index contributed by atoms with van der Waals surface area (Å²) in [6.07, 6.45) is 0. The normalized spacial score (nSPS) is 21.4. The van der Waals surface area contributed by atoms with Gasteiger partial charge in [-0.1, -0.05) is 18.2 Å². The van der Waals surface area contributed by atoms with Crippen molar-refractivity contribution >= 4 is 39.1 Å². The zero-order valence-electron chi connectivity index (χ0n) is 12.6. The summed E-state index contributed by atoms with van der Waals surface area (Å²) in [6.45, 7) is 3.26. The van der Waals surface area contributed by atoms with Gasteiger partial charge in [-0.05, 0) is 31.4 Å². The Hall–Kier alpha value is -2.47. The van der Waals surface area contributed by atoms with Crippen LogP contribution in [0, 0.1) is 5.92 Å². The van der Waals surface area contributed by atoms with Gasteiger partial charge in [-0.2, -0.15) is 0 Å². The van der Waals surface area contributed by atoms with E-state index in [1.807, 2.05) is 30.3 Å². The largest absolute Gasteiger partial charge is 0.481 e. The van der Waals surface area contributed by atoms with Crippen LogP contribution in [-0.2, 0) is 9.59 Å². The summed E-state index contributed by atoms with van der Waals surface area (Å²) in [4.78, 5) is 28.4. The highest BCUT2D eigenvalue weighted by Crippen LogP contribution is 2.43. The second kappa shape index (κ2) is 5.62. The van der Waals surface area contributed by atoms with E-state index in [0.717, 1.165) is 15.0 Å². The van der Waals surface area contributed by atoms with Crippen molar-refractivity contribution in [2.75, 3.05) is 0 Å². The third-order valence-corrected chi connectivity index (χ3v) is 5.28. The van der Waals surface area contributed by atoms with Crippen LogP contribution in [0.25, 0.3) is 10.1 Å². The van der Waals surface area contributed by atoms with Gasteiger partial charge in [-0.15, -0.1) is 11.3 Å². The van der Waals surface area contributed by atoms with Crippen LogP contribution < -0.4 is 0 Å². The zero-order chi connectivity index (χ0) is 16.7. The molecule has 1 aromatic heterocycles. The first kappa shape index (κ1) is 15.4. The van der Waals surface area contributed by atoms with Gasteiger partial charge in [0.15, 0.2) is 0 Å². The van der Waals surface area contributed by atoms with Crippen LogP contribution in [0.3, 0.4) is 0 Å². The molecule has 2 atom stereocenters. The smallest absolute Gasteiger partial charge is 0.334 e. The molecule has 1 aromatic carbocycles. The van der Waals surface area contributed by atoms with Crippen molar-refractivity contribution in [1.82, 2.24) is 0 Å². The summed E-state index contributed by atoms with van der Waals surface area (Å²) in [5, 5.41) is 20.2. The van der Waals surface area contributed by atoms with Gasteiger partial charge in [0.05, 0.1) is 5.57 Å². The quantitative estimate of drug-likeness (QED) is 0.902. The van der Waals surface area contributed by atoms with Crippen LogP contribution in [0.4, 0.5) is 0 Å². The highest BCUT2D eigenvalue weighted by atomic mass is 32.1. The zero-order valence-corrected chi connectivity index (χ0v) is 13.4. The molecule has 2 N–H and O–H groups in total. The molecule has 1 aliphatic heterocycles. The van der Waals surface area contributed by atoms with Gasteiger partial charge in [-0.25, -0.2) is 4.79 Å². The Balaban J connectivity index is 2.24. The Labute approximate surface area is 136 Å². The van der Waals surface area contributed by atoms with Crippen LogP contribution in [0.5, 0.6) is 0 Å². The predicted octanol–water partition coefficient (Wildman–Crippen LogP) is 3.52. The Bertz CT molecular complexity index is 845. The minimum absolute atomic E-state index is 0.0644. The lowest BCUT2D eigenvalue weighted by atomic mass is 9.79. The summed E-state index contributed by atoms with van der Waals surface area (Å²) >= 11 is 1.43. The summed E-state index contributed by atoms with van der Waals surface area (Å²) in [5.74, 6) is -3.86. The third kappa shape index (κ3) is 2.55. The average Bonchev–Trinajstić information content (AvgIpc) is 2.88. The molecule has 0 saturated carbocycles. The lowest BCUT2D eigenvalue weighted by molar-refractivity contribution is -0.140. The van der Waals surface area contributed by atoms with Gasteiger partial charge in [-0.3, -0.25) is 9.79 Å². The minimum Gasteiger partial charge on any atom is -0.481 e. The molecule has 0 amide bonds. The van der Waals surface area contributed by atoms with E-state index in [-0.39, 0.29) is 5.57 Å². The first-order valence-corrected chi connectivity index (χ1v) is 7.92. The Morgan fingerprint density at radius 3 is 2.48 bits per heavy atom. The number of hydrogen-bond acceptors (Lipinski definition) is 4. The van der Waals surface area contributed by atoms with Gasteiger partial charge in [0.1, 0.15) is 5.92 Å². The van der Waals surface area contributed by atoms with E-state index in [1.165, 1.54) is 11.3 Å². The first-order chi connectivity index (χ1) is 10.9. The number of nitrogens with zero attached hydrogens (tertiary/aromatic N) is 1. The van der Waals surface area contributed by atoms with Crippen LogP contribution in [0.2, 0.25) is 0 Å². The van der Waals surface area contributed by atoms with Crippen molar-refractivity contribution in [1.29, 1.82) is 0 Å². The molecule has 118 valence electrons. The first-order valence-electron chi connectivity index (χ1n) is 7.10. The molecule has 6 heteroatoms. The van der Waals surface area contributed by atoms with Crippen LogP contribution >= 0.6 is 11.3 Å². The molecule has 23 heavy (non-hydrogen) atoms. The van der Waals surface area contributed by atoms with Gasteiger partial charge in [0.25, 0.3) is 0 Å². The number of benzene rings is 1. The molecule has 0 aliphatic carbocycles. The number of hydrogen-bond donors (Lipinski definition) is 2. The lowest BCUT2D eigenvalue weighted by Crippen LogP contribution is -2.34. The van der Waals surface area contributed by atoms with Gasteiger partial charge < -0.3 is 10.2 Å². The Morgan fingerprint density at radius 1 is 1.17 bits per heavy atom. The van der Waals surface area contributed by atoms with Crippen LogP contribution in [0.15, 0.2) is 46.6 Å². The minimum atomic E-state index is -1.12. The number of allylic oxidation sites excluding steroid dienone is 1. The standard InChI is InChI=1S/C17H15NO4S/c1-8-13(16(19)20)15(14(17(21)22)9(2)18-8)12-7-10-5-3-4-6-11(10)23-12/h3-7,13,15H,1-2H3,(H,19,20)(H,21,22). The summed E-state index contributed by atoms with van der Waals surface area (Å²) < 4.78 is 1.01. The number of rotatable bonds is 3. The second-order valence-corrected chi connectivity index (χ2v) is 6.65. The maximum Gasteiger partial charge on any atom is 0.334 e. The highest BCUT2D eigenvalue weighted by Gasteiger charge is 2.41. The van der Waals surface area contributed by atoms with E-state index in [4.69, 9.17) is 0 Å². The Kier molecular flexibility index (Phi) is 3.77. The SMILES string of the molecule is CC1=NC(C)=C(C(=O)O)C(c2cc3ccccc3s2)C1C(=O)O. The fourth-order valence-corrected chi connectivity index (χ4v) is 4.31. The molecule has 5 nitrogen and oxygen atoms in total. The summed E-state index contributed by atoms with van der Waals surface area (Å²) in [6, 6.07) is 9.58. The van der Waals surface area contributed by atoms with Crippen molar-refractivity contribution < 1.29 is 19.8 Å². The summed E-state index contributed by atoms with van der Waals surface area (Å²) in [5.41, 5.74) is 0.868. The average molecular weight is 329 g/mol. The number of aliphatic imine (C=N–C) groups is 1. The third-order valence-electron chi connectivity index (χ3n) is 4.08. The number of aliphatic carboxylic acids is 2. The molecule has 0 bridgehead atoms. The number of carbonyl (C=O) groups is 2. The molecular formula is C17H15NO4S. The fraction of sp³-hybridized carbons (Fsp3) is 0.235. The van der Waals surface area contributed by atoms with E-state index < -0.39 is 23.8 Å². The molecule has 3 rings (SSSR count). The van der Waals surface area contributed by atoms with Gasteiger partial charge >= 0.3 is 11.9 Å². The van der Waals surface area contributed by atoms with Crippen molar-refractivity contribution in [3.63, 3.8) is 0 Å². The molecular weight excluding hydrogens is 314 g/mol. The molecule has 0 saturated heterocycles. The van der Waals surface area contributed by atoms with Crippen LogP contribution in [-0.4, -0.2) is 27.9 Å². The van der Waals surface area contributed by atoms with Gasteiger partial charge in [0, 0.05) is 26.9 Å². The van der Waals surface area contributed by atoms with E-state index in [1.54, 1.807) is 13.8 Å². The molecule has 2 heterocycles. The maximum atomic E-state index is 11.7. The van der Waals surface area contributed by atoms with Crippen LogP contribution in [0.1, 0.15) is 24.6 Å². The van der Waals surface area contributed by atoms with Crippen molar-refractivity contribution in [3.8, 4) is 0 Å². The lowest BCUT2D eigenvalue weighted by Gasteiger charge is -2.28. The number of carboxylic acid groups (broad SMARTS) is 2. The molecule has 0 radical (unpaired) electrons. The maximum absolute atomic E-state index is 11.7. The van der Waals surface area contributed by atoms with Crippen molar-refractivity contribution in [2.24, 2.45) is 10.9 Å². The van der Waals surface area contributed by atoms with Crippen molar-refractivity contribution in [3.05, 3.63) is 46.5 Å². The number of fused-ring (bicyclic) bond motifs is 1. The topological polar surface area (TPSA) is 87.0 Å². The number of thiophene rings is 1. The molecule has 0 fully saturated rings. The predicted molar refractivity (Wildman–Crippen MR) is 89.1 cm³/mol. The highest BCUT2D eigenvalue weighted by molar-refractivity contribution is 7.19. The molecule has 2 unspecified atom stereocenters. The number of carboxylic acids is 2. The summed E-state index contributed by atoms with van der Waals surface area (Å²) in [7, 11) is 0. The van der Waals surface area contributed by atoms with Gasteiger partial charge in [0.2, 0.25) is 0 Å². The second-order valence-electron chi connectivity index (χ2n) is 5.54. The molecule has 0 spiro atoms.